The van der Waals surface area contributed by atoms with Gasteiger partial charge in [-0.15, -0.1) is 10.2 Å². The van der Waals surface area contributed by atoms with E-state index in [4.69, 9.17) is 4.74 Å². The number of benzene rings is 1. The van der Waals surface area contributed by atoms with Crippen LogP contribution in [0.5, 0.6) is 5.75 Å². The number of aryl methyl sites for hydroxylation is 1. The smallest absolute Gasteiger partial charge is 0.275 e. The summed E-state index contributed by atoms with van der Waals surface area (Å²) in [5.74, 6) is 1.31. The maximum absolute atomic E-state index is 12.1. The number of anilines is 2. The van der Waals surface area contributed by atoms with Gasteiger partial charge < -0.3 is 10.1 Å². The van der Waals surface area contributed by atoms with E-state index in [2.05, 4.69) is 25.6 Å². The molecule has 0 bridgehead atoms. The number of nitrogens with one attached hydrogen (secondary N) is 1. The monoisotopic (exact) mass is 418 g/mol. The number of aromatic nitrogens is 5. The lowest BCUT2D eigenvalue weighted by Crippen LogP contribution is -2.15. The quantitative estimate of drug-likeness (QED) is 0.477. The van der Waals surface area contributed by atoms with E-state index in [1.54, 1.807) is 7.11 Å². The van der Waals surface area contributed by atoms with Crippen LogP contribution in [0.3, 0.4) is 0 Å². The molecule has 4 rings (SSSR count). The normalized spacial score (nSPS) is 11.0. The largest absolute Gasteiger partial charge is 0.497 e. The number of hydrogen-bond donors (Lipinski definition) is 1. The minimum atomic E-state index is -0.169. The summed E-state index contributed by atoms with van der Waals surface area (Å²) in [7, 11) is 1.63. The maximum atomic E-state index is 12.1. The Balaban J connectivity index is 1.44. The lowest BCUT2D eigenvalue weighted by Gasteiger charge is -2.04. The van der Waals surface area contributed by atoms with Crippen LogP contribution in [0, 0.1) is 6.92 Å². The van der Waals surface area contributed by atoms with Crippen LogP contribution in [0.15, 0.2) is 39.5 Å². The van der Waals surface area contributed by atoms with Crippen LogP contribution in [0.4, 0.5) is 10.8 Å². The third kappa shape index (κ3) is 4.10. The molecule has 4 aromatic rings. The highest BCUT2D eigenvalue weighted by Crippen LogP contribution is 2.30. The molecule has 0 spiro atoms. The molecule has 8 nitrogen and oxygen atoms in total. The second-order valence-corrected chi connectivity index (χ2v) is 8.78. The summed E-state index contributed by atoms with van der Waals surface area (Å²) in [6, 6.07) is 9.11. The second kappa shape index (κ2) is 7.62. The lowest BCUT2D eigenvalue weighted by atomic mass is 10.3. The Labute approximate surface area is 166 Å². The Morgan fingerprint density at radius 2 is 2.15 bits per heavy atom. The minimum Gasteiger partial charge on any atom is -0.497 e. The van der Waals surface area contributed by atoms with Crippen molar-refractivity contribution in [2.24, 2.45) is 0 Å². The van der Waals surface area contributed by atoms with Crippen molar-refractivity contribution < 1.29 is 4.74 Å². The van der Waals surface area contributed by atoms with Gasteiger partial charge >= 0.3 is 0 Å². The highest BCUT2D eigenvalue weighted by molar-refractivity contribution is 8.00. The van der Waals surface area contributed by atoms with E-state index < -0.39 is 0 Å². The van der Waals surface area contributed by atoms with Gasteiger partial charge in [0.05, 0.1) is 12.8 Å². The van der Waals surface area contributed by atoms with Crippen molar-refractivity contribution in [1.82, 2.24) is 24.8 Å². The van der Waals surface area contributed by atoms with Crippen LogP contribution in [0.25, 0.3) is 4.96 Å². The molecular weight excluding hydrogens is 404 g/mol. The Hall–Kier alpha value is -2.50. The number of rotatable bonds is 6. The van der Waals surface area contributed by atoms with Gasteiger partial charge in [0, 0.05) is 23.6 Å². The first-order valence-corrected chi connectivity index (χ1v) is 10.5. The molecule has 0 fully saturated rings. The van der Waals surface area contributed by atoms with E-state index in [9.17, 15) is 4.79 Å². The van der Waals surface area contributed by atoms with Crippen LogP contribution in [0.1, 0.15) is 10.7 Å². The average molecular weight is 419 g/mol. The van der Waals surface area contributed by atoms with Crippen molar-refractivity contribution in [3.8, 4) is 5.75 Å². The number of fused-ring (bicyclic) bond motifs is 1. The number of hydrogen-bond acceptors (Lipinski definition) is 10. The van der Waals surface area contributed by atoms with Crippen molar-refractivity contribution in [3.05, 3.63) is 51.4 Å². The van der Waals surface area contributed by atoms with Crippen LogP contribution in [-0.4, -0.2) is 31.9 Å². The molecule has 0 saturated carbocycles. The zero-order chi connectivity index (χ0) is 18.8. The van der Waals surface area contributed by atoms with Crippen LogP contribution in [-0.2, 0) is 5.75 Å². The Kier molecular flexibility index (Phi) is 5.05. The van der Waals surface area contributed by atoms with Crippen molar-refractivity contribution in [3.63, 3.8) is 0 Å². The van der Waals surface area contributed by atoms with Gasteiger partial charge in [-0.3, -0.25) is 4.79 Å². The van der Waals surface area contributed by atoms with Gasteiger partial charge in [-0.1, -0.05) is 40.5 Å². The van der Waals surface area contributed by atoms with Gasteiger partial charge in [-0.25, -0.2) is 4.98 Å². The molecule has 1 aromatic carbocycles. The first-order chi connectivity index (χ1) is 13.1. The Bertz CT molecular complexity index is 1150. The summed E-state index contributed by atoms with van der Waals surface area (Å²) in [4.78, 5) is 17.2. The molecule has 0 saturated heterocycles. The molecule has 1 N–H and O–H groups in total. The molecule has 3 heterocycles. The fourth-order valence-corrected chi connectivity index (χ4v) is 4.74. The summed E-state index contributed by atoms with van der Waals surface area (Å²) >= 11 is 4.33. The predicted octanol–water partition coefficient (Wildman–Crippen LogP) is 3.36. The molecule has 3 aromatic heterocycles. The highest BCUT2D eigenvalue weighted by Gasteiger charge is 2.10. The number of methoxy groups -OCH3 is 1. The van der Waals surface area contributed by atoms with E-state index in [-0.39, 0.29) is 5.56 Å². The molecule has 0 radical (unpaired) electrons. The number of ether oxygens (including phenoxy) is 1. The fourth-order valence-electron chi connectivity index (χ4n) is 2.30. The predicted molar refractivity (Wildman–Crippen MR) is 108 cm³/mol. The molecule has 0 amide bonds. The first kappa shape index (κ1) is 17.9. The standard InChI is InChI=1S/C16H14N6O2S3/c1-9-21-22-13(23)7-11(18-15(22)26-9)8-25-16-20-19-14(27-16)17-10-4-3-5-12(6-10)24-2/h3-7H,8H2,1-2H3,(H,17,19). The molecular formula is C16H14N6O2S3. The Morgan fingerprint density at radius 1 is 1.26 bits per heavy atom. The summed E-state index contributed by atoms with van der Waals surface area (Å²) in [5.41, 5.74) is 1.41. The van der Waals surface area contributed by atoms with Crippen LogP contribution >= 0.6 is 34.4 Å². The summed E-state index contributed by atoms with van der Waals surface area (Å²) in [5, 5.41) is 17.2. The van der Waals surface area contributed by atoms with E-state index in [1.807, 2.05) is 31.2 Å². The SMILES string of the molecule is COc1cccc(Nc2nnc(SCc3cc(=O)n4nc(C)sc4n3)s2)c1. The highest BCUT2D eigenvalue weighted by atomic mass is 32.2. The average Bonchev–Trinajstić information content (AvgIpc) is 3.26. The van der Waals surface area contributed by atoms with Gasteiger partial charge in [-0.2, -0.15) is 9.61 Å². The molecule has 0 aliphatic rings. The van der Waals surface area contributed by atoms with Crippen LogP contribution in [0.2, 0.25) is 0 Å². The zero-order valence-electron chi connectivity index (χ0n) is 14.4. The van der Waals surface area contributed by atoms with Crippen molar-refractivity contribution in [2.45, 2.75) is 17.0 Å². The maximum Gasteiger partial charge on any atom is 0.275 e. The fraction of sp³-hybridized carbons (Fsp3) is 0.188. The molecule has 0 unspecified atom stereocenters. The van der Waals surface area contributed by atoms with E-state index in [1.165, 1.54) is 45.0 Å². The molecule has 11 heteroatoms. The first-order valence-electron chi connectivity index (χ1n) is 7.84. The lowest BCUT2D eigenvalue weighted by molar-refractivity contribution is 0.415. The molecule has 0 aliphatic heterocycles. The topological polar surface area (TPSA) is 94.3 Å². The van der Waals surface area contributed by atoms with Gasteiger partial charge in [0.2, 0.25) is 10.1 Å². The van der Waals surface area contributed by atoms with E-state index in [0.717, 1.165) is 20.8 Å². The summed E-state index contributed by atoms with van der Waals surface area (Å²) in [6.45, 7) is 1.85. The van der Waals surface area contributed by atoms with Gasteiger partial charge in [0.1, 0.15) is 10.8 Å². The molecule has 0 aliphatic carbocycles. The number of thioether (sulfide) groups is 1. The summed E-state index contributed by atoms with van der Waals surface area (Å²) < 4.78 is 7.34. The van der Waals surface area contributed by atoms with E-state index >= 15 is 0 Å². The second-order valence-electron chi connectivity index (χ2n) is 5.42. The van der Waals surface area contributed by atoms with Crippen LogP contribution < -0.4 is 15.6 Å². The molecule has 138 valence electrons. The van der Waals surface area contributed by atoms with Crippen molar-refractivity contribution in [1.29, 1.82) is 0 Å². The van der Waals surface area contributed by atoms with Gasteiger partial charge in [-0.05, 0) is 19.1 Å². The Morgan fingerprint density at radius 3 is 3.00 bits per heavy atom. The van der Waals surface area contributed by atoms with E-state index in [0.29, 0.717) is 21.5 Å². The zero-order valence-corrected chi connectivity index (χ0v) is 16.8. The third-order valence-corrected chi connectivity index (χ3v) is 6.30. The van der Waals surface area contributed by atoms with Gasteiger partial charge in [0.25, 0.3) is 5.56 Å². The van der Waals surface area contributed by atoms with Crippen molar-refractivity contribution in [2.75, 3.05) is 12.4 Å². The van der Waals surface area contributed by atoms with Gasteiger partial charge in [0.15, 0.2) is 4.34 Å². The molecule has 0 atom stereocenters. The molecule has 27 heavy (non-hydrogen) atoms. The summed E-state index contributed by atoms with van der Waals surface area (Å²) in [6.07, 6.45) is 0. The third-order valence-electron chi connectivity index (χ3n) is 3.47. The van der Waals surface area contributed by atoms with Crippen molar-refractivity contribution >= 4 is 50.2 Å². The number of nitrogens with zero attached hydrogens (tertiary/aromatic N) is 5. The minimum absolute atomic E-state index is 0.169.